The van der Waals surface area contributed by atoms with Crippen molar-refractivity contribution in [2.45, 2.75) is 37.8 Å². The average molecular weight is 286 g/mol. The van der Waals surface area contributed by atoms with Crippen LogP contribution in [-0.4, -0.2) is 18.8 Å². The summed E-state index contributed by atoms with van der Waals surface area (Å²) in [7, 11) is 0. The molecular formula is C14H17F3N2O. The van der Waals surface area contributed by atoms with Crippen molar-refractivity contribution in [3.63, 3.8) is 0 Å². The van der Waals surface area contributed by atoms with Crippen LogP contribution in [0.4, 0.5) is 23.7 Å². The third-order valence-electron chi connectivity index (χ3n) is 3.74. The Kier molecular flexibility index (Phi) is 3.92. The van der Waals surface area contributed by atoms with Crippen molar-refractivity contribution in [3.8, 4) is 0 Å². The molecule has 20 heavy (non-hydrogen) atoms. The van der Waals surface area contributed by atoms with Crippen LogP contribution in [0.2, 0.25) is 0 Å². The van der Waals surface area contributed by atoms with E-state index in [0.29, 0.717) is 12.8 Å². The summed E-state index contributed by atoms with van der Waals surface area (Å²) in [5, 5.41) is 4.80. The molecule has 0 aromatic heterocycles. The van der Waals surface area contributed by atoms with Gasteiger partial charge in [0.25, 0.3) is 0 Å². The van der Waals surface area contributed by atoms with Crippen LogP contribution >= 0.6 is 0 Å². The maximum absolute atomic E-state index is 13.7. The summed E-state index contributed by atoms with van der Waals surface area (Å²) in [6, 6.07) is 5.55. The highest BCUT2D eigenvalue weighted by atomic mass is 19.4. The first-order valence-electron chi connectivity index (χ1n) is 6.62. The van der Waals surface area contributed by atoms with Crippen molar-refractivity contribution in [2.24, 2.45) is 0 Å². The highest BCUT2D eigenvalue weighted by molar-refractivity contribution is 5.91. The smallest absolute Gasteiger partial charge is 0.337 e. The molecule has 6 heteroatoms. The summed E-state index contributed by atoms with van der Waals surface area (Å²) in [5.41, 5.74) is -1.66. The number of nitrogens with one attached hydrogen (secondary N) is 2. The number of para-hydroxylation sites is 1. The molecule has 1 aromatic rings. The number of rotatable bonds is 3. The van der Waals surface area contributed by atoms with Crippen LogP contribution in [0.3, 0.4) is 0 Å². The fourth-order valence-electron chi connectivity index (χ4n) is 2.60. The molecule has 0 bridgehead atoms. The Labute approximate surface area is 115 Å². The fraction of sp³-hybridized carbons (Fsp3) is 0.500. The molecule has 2 amide bonds. The second-order valence-electron chi connectivity index (χ2n) is 5.04. The molecule has 1 atom stereocenters. The Hall–Kier alpha value is -1.72. The predicted molar refractivity (Wildman–Crippen MR) is 70.7 cm³/mol. The number of halogens is 3. The molecular weight excluding hydrogens is 269 g/mol. The van der Waals surface area contributed by atoms with Crippen molar-refractivity contribution in [1.29, 1.82) is 0 Å². The van der Waals surface area contributed by atoms with E-state index < -0.39 is 24.2 Å². The summed E-state index contributed by atoms with van der Waals surface area (Å²) >= 11 is 0. The second-order valence-corrected chi connectivity index (χ2v) is 5.04. The molecule has 2 rings (SSSR count). The Bertz CT molecular complexity index is 501. The maximum atomic E-state index is 13.7. The molecule has 0 radical (unpaired) electrons. The van der Waals surface area contributed by atoms with Gasteiger partial charge in [0.15, 0.2) is 0 Å². The molecule has 1 unspecified atom stereocenters. The van der Waals surface area contributed by atoms with Crippen molar-refractivity contribution in [1.82, 2.24) is 5.32 Å². The second kappa shape index (κ2) is 5.34. The average Bonchev–Trinajstić information content (AvgIpc) is 2.53. The van der Waals surface area contributed by atoms with Gasteiger partial charge in [-0.05, 0) is 18.1 Å². The van der Waals surface area contributed by atoms with E-state index in [4.69, 9.17) is 0 Å². The highest BCUT2D eigenvalue weighted by Crippen LogP contribution is 2.47. The van der Waals surface area contributed by atoms with Gasteiger partial charge in [0.05, 0.1) is 0 Å². The zero-order chi connectivity index (χ0) is 14.8. The summed E-state index contributed by atoms with van der Waals surface area (Å²) in [6.07, 6.45) is -3.34. The number of amides is 2. The minimum Gasteiger partial charge on any atom is -0.337 e. The highest BCUT2D eigenvalue weighted by Gasteiger charge is 2.56. The summed E-state index contributed by atoms with van der Waals surface area (Å²) in [5.74, 6) is 0. The van der Waals surface area contributed by atoms with Crippen LogP contribution in [-0.2, 0) is 5.41 Å². The van der Waals surface area contributed by atoms with E-state index in [1.54, 1.807) is 12.1 Å². The molecule has 0 spiro atoms. The van der Waals surface area contributed by atoms with Crippen molar-refractivity contribution >= 4 is 11.7 Å². The minimum atomic E-state index is -4.42. The Morgan fingerprint density at radius 1 is 1.30 bits per heavy atom. The zero-order valence-corrected chi connectivity index (χ0v) is 11.2. The predicted octanol–water partition coefficient (Wildman–Crippen LogP) is 3.81. The standard InChI is InChI=1S/C14H17F3N2O/c1-2-3-8-13(14(15,16)17)9-18-12(20)19-11-7-5-4-6-10(11)13/h4-7H,2-3,8-9H2,1H3,(H2,18,19,20). The Balaban J connectivity index is 2.57. The van der Waals surface area contributed by atoms with Gasteiger partial charge < -0.3 is 10.6 Å². The third-order valence-corrected chi connectivity index (χ3v) is 3.74. The van der Waals surface area contributed by atoms with Gasteiger partial charge in [0, 0.05) is 12.2 Å². The van der Waals surface area contributed by atoms with Crippen molar-refractivity contribution < 1.29 is 18.0 Å². The van der Waals surface area contributed by atoms with Crippen LogP contribution in [0.1, 0.15) is 31.7 Å². The van der Waals surface area contributed by atoms with Gasteiger partial charge in [0.2, 0.25) is 0 Å². The maximum Gasteiger partial charge on any atom is 0.400 e. The van der Waals surface area contributed by atoms with Crippen LogP contribution in [0, 0.1) is 0 Å². The molecule has 0 saturated heterocycles. The summed E-state index contributed by atoms with van der Waals surface area (Å²) < 4.78 is 41.2. The van der Waals surface area contributed by atoms with Crippen LogP contribution in [0.25, 0.3) is 0 Å². The van der Waals surface area contributed by atoms with Crippen molar-refractivity contribution in [3.05, 3.63) is 29.8 Å². The van der Waals surface area contributed by atoms with E-state index in [-0.39, 0.29) is 17.7 Å². The van der Waals surface area contributed by atoms with E-state index in [2.05, 4.69) is 10.6 Å². The number of carbonyl (C=O) groups excluding carboxylic acids is 1. The first-order valence-corrected chi connectivity index (χ1v) is 6.62. The molecule has 1 aliphatic rings. The molecule has 1 aromatic carbocycles. The number of benzene rings is 1. The van der Waals surface area contributed by atoms with Gasteiger partial charge in [-0.2, -0.15) is 13.2 Å². The number of anilines is 1. The van der Waals surface area contributed by atoms with E-state index >= 15 is 0 Å². The van der Waals surface area contributed by atoms with Gasteiger partial charge in [-0.25, -0.2) is 4.79 Å². The lowest BCUT2D eigenvalue weighted by Crippen LogP contribution is -2.49. The number of hydrogen-bond donors (Lipinski definition) is 2. The van der Waals surface area contributed by atoms with Gasteiger partial charge in [-0.15, -0.1) is 0 Å². The lowest BCUT2D eigenvalue weighted by Gasteiger charge is -2.35. The third kappa shape index (κ3) is 2.46. The molecule has 3 nitrogen and oxygen atoms in total. The fourth-order valence-corrected chi connectivity index (χ4v) is 2.60. The van der Waals surface area contributed by atoms with E-state index in [0.717, 1.165) is 0 Å². The van der Waals surface area contributed by atoms with E-state index in [9.17, 15) is 18.0 Å². The molecule has 110 valence electrons. The van der Waals surface area contributed by atoms with Gasteiger partial charge in [-0.1, -0.05) is 38.0 Å². The van der Waals surface area contributed by atoms with Gasteiger partial charge in [-0.3, -0.25) is 0 Å². The quantitative estimate of drug-likeness (QED) is 0.871. The van der Waals surface area contributed by atoms with Crippen LogP contribution < -0.4 is 10.6 Å². The summed E-state index contributed by atoms with van der Waals surface area (Å²) in [6.45, 7) is 1.42. The Morgan fingerprint density at radius 3 is 2.65 bits per heavy atom. The molecule has 1 heterocycles. The van der Waals surface area contributed by atoms with Crippen LogP contribution in [0.15, 0.2) is 24.3 Å². The lowest BCUT2D eigenvalue weighted by molar-refractivity contribution is -0.191. The normalized spacial score (nSPS) is 22.5. The number of urea groups is 1. The summed E-state index contributed by atoms with van der Waals surface area (Å²) in [4.78, 5) is 11.5. The number of hydrogen-bond acceptors (Lipinski definition) is 1. The molecule has 1 aliphatic heterocycles. The Morgan fingerprint density at radius 2 is 2.00 bits per heavy atom. The van der Waals surface area contributed by atoms with Gasteiger partial charge >= 0.3 is 12.2 Å². The van der Waals surface area contributed by atoms with Crippen molar-refractivity contribution in [2.75, 3.05) is 11.9 Å². The lowest BCUT2D eigenvalue weighted by atomic mass is 9.75. The van der Waals surface area contributed by atoms with E-state index in [1.807, 2.05) is 6.92 Å². The number of alkyl halides is 3. The molecule has 0 saturated carbocycles. The monoisotopic (exact) mass is 286 g/mol. The molecule has 0 fully saturated rings. The van der Waals surface area contributed by atoms with Crippen LogP contribution in [0.5, 0.6) is 0 Å². The molecule has 2 N–H and O–H groups in total. The number of unbranched alkanes of at least 4 members (excludes halogenated alkanes) is 1. The van der Waals surface area contributed by atoms with E-state index in [1.165, 1.54) is 12.1 Å². The van der Waals surface area contributed by atoms with Gasteiger partial charge in [0.1, 0.15) is 5.41 Å². The number of fused-ring (bicyclic) bond motifs is 1. The first kappa shape index (κ1) is 14.7. The number of carbonyl (C=O) groups is 1. The first-order chi connectivity index (χ1) is 9.40. The largest absolute Gasteiger partial charge is 0.400 e. The zero-order valence-electron chi connectivity index (χ0n) is 11.2. The molecule has 0 aliphatic carbocycles. The SMILES string of the molecule is CCCCC1(C(F)(F)F)CNC(=O)Nc2ccccc21. The minimum absolute atomic E-state index is 0.0357. The topological polar surface area (TPSA) is 41.1 Å².